The van der Waals surface area contributed by atoms with Crippen molar-refractivity contribution in [1.82, 2.24) is 5.32 Å². The molecule has 0 bridgehead atoms. The van der Waals surface area contributed by atoms with Gasteiger partial charge in [-0.3, -0.25) is 0 Å². The lowest BCUT2D eigenvalue weighted by molar-refractivity contribution is 0.727. The van der Waals surface area contributed by atoms with Gasteiger partial charge in [0.1, 0.15) is 0 Å². The maximum absolute atomic E-state index is 3.19. The molecule has 0 fully saturated rings. The highest BCUT2D eigenvalue weighted by Gasteiger charge is 2.03. The Kier molecular flexibility index (Phi) is 3.39. The van der Waals surface area contributed by atoms with Crippen LogP contribution in [0.25, 0.3) is 10.1 Å². The monoisotopic (exact) mass is 219 g/mol. The summed E-state index contributed by atoms with van der Waals surface area (Å²) < 4.78 is 1.43. The first-order chi connectivity index (χ1) is 7.31. The van der Waals surface area contributed by atoms with Gasteiger partial charge in [0, 0.05) is 9.58 Å². The second-order valence-corrected chi connectivity index (χ2v) is 5.18. The molecule has 0 amide bonds. The number of nitrogens with one attached hydrogen (secondary N) is 1. The molecule has 1 nitrogen and oxygen atoms in total. The average Bonchev–Trinajstić information content (AvgIpc) is 2.59. The zero-order valence-electron chi connectivity index (χ0n) is 9.34. The van der Waals surface area contributed by atoms with E-state index in [4.69, 9.17) is 0 Å². The molecule has 0 atom stereocenters. The highest BCUT2D eigenvalue weighted by atomic mass is 32.1. The summed E-state index contributed by atoms with van der Waals surface area (Å²) in [6.45, 7) is 3.28. The Balaban J connectivity index is 2.25. The summed E-state index contributed by atoms with van der Waals surface area (Å²) in [7, 11) is 2.01. The molecule has 0 unspecified atom stereocenters. The van der Waals surface area contributed by atoms with Gasteiger partial charge in [0.2, 0.25) is 0 Å². The topological polar surface area (TPSA) is 12.0 Å². The van der Waals surface area contributed by atoms with Gasteiger partial charge in [-0.05, 0) is 56.4 Å². The Morgan fingerprint density at radius 2 is 2.20 bits per heavy atom. The van der Waals surface area contributed by atoms with Crippen LogP contribution in [0, 0.1) is 6.92 Å². The van der Waals surface area contributed by atoms with Crippen LogP contribution in [-0.4, -0.2) is 13.6 Å². The van der Waals surface area contributed by atoms with Gasteiger partial charge in [-0.2, -0.15) is 0 Å². The van der Waals surface area contributed by atoms with Crippen LogP contribution in [0.2, 0.25) is 0 Å². The minimum atomic E-state index is 1.10. The van der Waals surface area contributed by atoms with Crippen LogP contribution in [-0.2, 0) is 6.42 Å². The molecule has 1 aromatic heterocycles. The molecular weight excluding hydrogens is 202 g/mol. The molecular formula is C13H17NS. The molecule has 2 aromatic rings. The van der Waals surface area contributed by atoms with Crippen LogP contribution >= 0.6 is 11.3 Å². The Hall–Kier alpha value is -0.860. The molecule has 2 rings (SSSR count). The van der Waals surface area contributed by atoms with Crippen LogP contribution in [0.4, 0.5) is 0 Å². The molecule has 15 heavy (non-hydrogen) atoms. The van der Waals surface area contributed by atoms with Crippen molar-refractivity contribution < 1.29 is 0 Å². The largest absolute Gasteiger partial charge is 0.320 e. The molecule has 2 heteroatoms. The van der Waals surface area contributed by atoms with E-state index in [1.165, 1.54) is 33.4 Å². The summed E-state index contributed by atoms with van der Waals surface area (Å²) >= 11 is 1.89. The lowest BCUT2D eigenvalue weighted by atomic mass is 10.1. The van der Waals surface area contributed by atoms with Gasteiger partial charge in [0.05, 0.1) is 0 Å². The van der Waals surface area contributed by atoms with Crippen molar-refractivity contribution in [3.8, 4) is 0 Å². The van der Waals surface area contributed by atoms with E-state index in [-0.39, 0.29) is 0 Å². The van der Waals surface area contributed by atoms with E-state index in [1.807, 2.05) is 18.4 Å². The van der Waals surface area contributed by atoms with Crippen LogP contribution < -0.4 is 5.32 Å². The smallest absolute Gasteiger partial charge is 0.0348 e. The third-order valence-corrected chi connectivity index (χ3v) is 3.66. The molecule has 0 aliphatic carbocycles. The lowest BCUT2D eigenvalue weighted by Gasteiger charge is -2.02. The van der Waals surface area contributed by atoms with Gasteiger partial charge in [-0.1, -0.05) is 12.1 Å². The maximum Gasteiger partial charge on any atom is 0.0348 e. The van der Waals surface area contributed by atoms with E-state index in [9.17, 15) is 0 Å². The minimum absolute atomic E-state index is 1.10. The zero-order valence-corrected chi connectivity index (χ0v) is 10.2. The Morgan fingerprint density at radius 1 is 1.33 bits per heavy atom. The van der Waals surface area contributed by atoms with Crippen molar-refractivity contribution in [2.24, 2.45) is 0 Å². The first kappa shape index (κ1) is 10.7. The predicted molar refractivity (Wildman–Crippen MR) is 68.8 cm³/mol. The number of aryl methyl sites for hydroxylation is 2. The highest BCUT2D eigenvalue weighted by Crippen LogP contribution is 2.28. The summed E-state index contributed by atoms with van der Waals surface area (Å²) in [5.41, 5.74) is 1.49. The fourth-order valence-corrected chi connectivity index (χ4v) is 2.89. The fourth-order valence-electron chi connectivity index (χ4n) is 1.92. The van der Waals surface area contributed by atoms with Crippen molar-refractivity contribution in [1.29, 1.82) is 0 Å². The third-order valence-electron chi connectivity index (χ3n) is 2.65. The molecule has 0 saturated carbocycles. The van der Waals surface area contributed by atoms with E-state index in [0.717, 1.165) is 6.54 Å². The SMILES string of the molecule is CNCCCc1cccc2sc(C)cc12. The molecule has 0 radical (unpaired) electrons. The van der Waals surface area contributed by atoms with Crippen LogP contribution in [0.3, 0.4) is 0 Å². The predicted octanol–water partition coefficient (Wildman–Crippen LogP) is 3.36. The molecule has 1 aromatic carbocycles. The number of fused-ring (bicyclic) bond motifs is 1. The molecule has 0 aliphatic heterocycles. The van der Waals surface area contributed by atoms with Gasteiger partial charge >= 0.3 is 0 Å². The summed E-state index contributed by atoms with van der Waals surface area (Å²) in [6.07, 6.45) is 2.39. The van der Waals surface area contributed by atoms with Crippen molar-refractivity contribution >= 4 is 21.4 Å². The van der Waals surface area contributed by atoms with Crippen LogP contribution in [0.1, 0.15) is 16.9 Å². The van der Waals surface area contributed by atoms with E-state index in [1.54, 1.807) is 0 Å². The van der Waals surface area contributed by atoms with E-state index < -0.39 is 0 Å². The Bertz CT molecular complexity index is 445. The number of thiophene rings is 1. The number of hydrogen-bond acceptors (Lipinski definition) is 2. The van der Waals surface area contributed by atoms with E-state index in [2.05, 4.69) is 36.5 Å². The Morgan fingerprint density at radius 3 is 3.00 bits per heavy atom. The van der Waals surface area contributed by atoms with Crippen molar-refractivity contribution in [3.63, 3.8) is 0 Å². The number of benzene rings is 1. The summed E-state index contributed by atoms with van der Waals surface area (Å²) in [6, 6.07) is 8.96. The van der Waals surface area contributed by atoms with Gasteiger partial charge in [0.25, 0.3) is 0 Å². The maximum atomic E-state index is 3.19. The zero-order chi connectivity index (χ0) is 10.7. The first-order valence-electron chi connectivity index (χ1n) is 5.44. The number of hydrogen-bond donors (Lipinski definition) is 1. The third kappa shape index (κ3) is 2.39. The average molecular weight is 219 g/mol. The summed E-state index contributed by atoms with van der Waals surface area (Å²) in [5, 5.41) is 4.65. The minimum Gasteiger partial charge on any atom is -0.320 e. The van der Waals surface area contributed by atoms with Crippen LogP contribution in [0.15, 0.2) is 24.3 Å². The van der Waals surface area contributed by atoms with Crippen LogP contribution in [0.5, 0.6) is 0 Å². The molecule has 1 heterocycles. The lowest BCUT2D eigenvalue weighted by Crippen LogP contribution is -2.08. The fraction of sp³-hybridized carbons (Fsp3) is 0.385. The summed E-state index contributed by atoms with van der Waals surface area (Å²) in [4.78, 5) is 1.41. The van der Waals surface area contributed by atoms with Crippen molar-refractivity contribution in [2.45, 2.75) is 19.8 Å². The van der Waals surface area contributed by atoms with Gasteiger partial charge < -0.3 is 5.32 Å². The summed E-state index contributed by atoms with van der Waals surface area (Å²) in [5.74, 6) is 0. The molecule has 0 saturated heterocycles. The second kappa shape index (κ2) is 4.77. The van der Waals surface area contributed by atoms with E-state index in [0.29, 0.717) is 0 Å². The molecule has 0 spiro atoms. The van der Waals surface area contributed by atoms with Gasteiger partial charge in [0.15, 0.2) is 0 Å². The quantitative estimate of drug-likeness (QED) is 0.777. The standard InChI is InChI=1S/C13H17NS/c1-10-9-12-11(6-4-8-14-2)5-3-7-13(12)15-10/h3,5,7,9,14H,4,6,8H2,1-2H3. The van der Waals surface area contributed by atoms with Gasteiger partial charge in [-0.15, -0.1) is 11.3 Å². The first-order valence-corrected chi connectivity index (χ1v) is 6.25. The van der Waals surface area contributed by atoms with Gasteiger partial charge in [-0.25, -0.2) is 0 Å². The Labute approximate surface area is 95.1 Å². The molecule has 80 valence electrons. The van der Waals surface area contributed by atoms with Crippen molar-refractivity contribution in [2.75, 3.05) is 13.6 Å². The molecule has 1 N–H and O–H groups in total. The normalized spacial score (nSPS) is 11.1. The van der Waals surface area contributed by atoms with E-state index >= 15 is 0 Å². The highest BCUT2D eigenvalue weighted by molar-refractivity contribution is 7.19. The molecule has 0 aliphatic rings. The second-order valence-electron chi connectivity index (χ2n) is 3.89. The number of rotatable bonds is 4. The van der Waals surface area contributed by atoms with Crippen molar-refractivity contribution in [3.05, 3.63) is 34.7 Å².